The first-order valence-electron chi connectivity index (χ1n) is 10.4. The zero-order chi connectivity index (χ0) is 23.1. The Bertz CT molecular complexity index is 1030. The summed E-state index contributed by atoms with van der Waals surface area (Å²) in [6.45, 7) is 2.96. The Kier molecular flexibility index (Phi) is 7.87. The monoisotopic (exact) mass is 461 g/mol. The molecule has 0 aliphatic carbocycles. The first-order valence-corrected chi connectivity index (χ1v) is 11.9. The molecule has 0 atom stereocenters. The van der Waals surface area contributed by atoms with Crippen molar-refractivity contribution in [3.8, 4) is 5.75 Å². The van der Waals surface area contributed by atoms with Gasteiger partial charge in [-0.25, -0.2) is 13.2 Å². The summed E-state index contributed by atoms with van der Waals surface area (Å²) in [4.78, 5) is 24.1. The van der Waals surface area contributed by atoms with Gasteiger partial charge in [0.15, 0.2) is 0 Å². The Labute approximate surface area is 188 Å². The number of methoxy groups -OCH3 is 1. The zero-order valence-electron chi connectivity index (χ0n) is 18.2. The number of carbonyl (C=O) groups is 2. The first-order chi connectivity index (χ1) is 15.3. The number of piperidine rings is 1. The highest BCUT2D eigenvalue weighted by molar-refractivity contribution is 7.89. The molecule has 0 N–H and O–H groups in total. The molecule has 0 bridgehead atoms. The Morgan fingerprint density at radius 3 is 2.19 bits per heavy atom. The third kappa shape index (κ3) is 5.66. The van der Waals surface area contributed by atoms with Crippen LogP contribution in [0, 0.1) is 5.92 Å². The van der Waals surface area contributed by atoms with E-state index in [4.69, 9.17) is 9.47 Å². The Hall–Kier alpha value is -2.91. The van der Waals surface area contributed by atoms with E-state index in [2.05, 4.69) is 4.74 Å². The summed E-state index contributed by atoms with van der Waals surface area (Å²) >= 11 is 0. The SMILES string of the molecule is CCOc1ccc(S(=O)(=O)N2CCC(C(=O)OCc3ccc(C(=O)OC)cc3)CC2)cc1. The maximum absolute atomic E-state index is 12.9. The van der Waals surface area contributed by atoms with Crippen molar-refractivity contribution >= 4 is 22.0 Å². The third-order valence-corrected chi connectivity index (χ3v) is 7.23. The molecular formula is C23H27NO7S. The second-order valence-corrected chi connectivity index (χ2v) is 9.32. The predicted octanol–water partition coefficient (Wildman–Crippen LogP) is 3.02. The lowest BCUT2D eigenvalue weighted by atomic mass is 9.98. The minimum absolute atomic E-state index is 0.0883. The van der Waals surface area contributed by atoms with Gasteiger partial charge in [-0.15, -0.1) is 0 Å². The molecule has 1 heterocycles. The molecule has 1 saturated heterocycles. The molecule has 0 saturated carbocycles. The molecule has 8 nitrogen and oxygen atoms in total. The lowest BCUT2D eigenvalue weighted by Gasteiger charge is -2.30. The summed E-state index contributed by atoms with van der Waals surface area (Å²) in [6, 6.07) is 13.0. The Morgan fingerprint density at radius 2 is 1.62 bits per heavy atom. The standard InChI is InChI=1S/C23H27NO7S/c1-3-30-20-8-10-21(11-9-20)32(27,28)24-14-12-19(13-15-24)23(26)31-16-17-4-6-18(7-5-17)22(25)29-2/h4-11,19H,3,12-16H2,1-2H3. The van der Waals surface area contributed by atoms with Crippen LogP contribution in [0.15, 0.2) is 53.4 Å². The summed E-state index contributed by atoms with van der Waals surface area (Å²) in [5.41, 5.74) is 1.17. The van der Waals surface area contributed by atoms with Crippen molar-refractivity contribution in [3.05, 3.63) is 59.7 Å². The van der Waals surface area contributed by atoms with Gasteiger partial charge in [-0.05, 0) is 61.7 Å². The molecule has 2 aromatic rings. The van der Waals surface area contributed by atoms with Crippen LogP contribution in [0.3, 0.4) is 0 Å². The van der Waals surface area contributed by atoms with Crippen LogP contribution in [0.1, 0.15) is 35.7 Å². The third-order valence-electron chi connectivity index (χ3n) is 5.32. The second-order valence-electron chi connectivity index (χ2n) is 7.38. The lowest BCUT2D eigenvalue weighted by Crippen LogP contribution is -2.40. The van der Waals surface area contributed by atoms with E-state index in [1.54, 1.807) is 36.4 Å². The number of esters is 2. The van der Waals surface area contributed by atoms with Crippen LogP contribution in [0.4, 0.5) is 0 Å². The van der Waals surface area contributed by atoms with Gasteiger partial charge in [0, 0.05) is 13.1 Å². The van der Waals surface area contributed by atoms with E-state index in [9.17, 15) is 18.0 Å². The average molecular weight is 462 g/mol. The van der Waals surface area contributed by atoms with E-state index >= 15 is 0 Å². The van der Waals surface area contributed by atoms with Crippen molar-refractivity contribution in [3.63, 3.8) is 0 Å². The van der Waals surface area contributed by atoms with Crippen molar-refractivity contribution in [2.75, 3.05) is 26.8 Å². The molecule has 9 heteroatoms. The molecular weight excluding hydrogens is 434 g/mol. The summed E-state index contributed by atoms with van der Waals surface area (Å²) in [6.07, 6.45) is 0.798. The highest BCUT2D eigenvalue weighted by Crippen LogP contribution is 2.26. The van der Waals surface area contributed by atoms with E-state index in [0.717, 1.165) is 5.56 Å². The minimum Gasteiger partial charge on any atom is -0.494 e. The van der Waals surface area contributed by atoms with Gasteiger partial charge < -0.3 is 14.2 Å². The molecule has 3 rings (SSSR count). The van der Waals surface area contributed by atoms with Gasteiger partial charge in [0.25, 0.3) is 0 Å². The normalized spacial score (nSPS) is 15.2. The molecule has 0 unspecified atom stereocenters. The van der Waals surface area contributed by atoms with Gasteiger partial charge in [-0.1, -0.05) is 12.1 Å². The molecule has 2 aromatic carbocycles. The molecule has 0 radical (unpaired) electrons. The number of rotatable bonds is 8. The summed E-state index contributed by atoms with van der Waals surface area (Å²) < 4.78 is 42.6. The molecule has 0 amide bonds. The predicted molar refractivity (Wildman–Crippen MR) is 117 cm³/mol. The number of hydrogen-bond donors (Lipinski definition) is 0. The van der Waals surface area contributed by atoms with E-state index in [1.807, 2.05) is 6.92 Å². The van der Waals surface area contributed by atoms with Crippen LogP contribution in [0.5, 0.6) is 5.75 Å². The van der Waals surface area contributed by atoms with Crippen molar-refractivity contribution in [2.45, 2.75) is 31.3 Å². The fourth-order valence-corrected chi connectivity index (χ4v) is 4.95. The van der Waals surface area contributed by atoms with Crippen LogP contribution in [-0.4, -0.2) is 51.5 Å². The summed E-state index contributed by atoms with van der Waals surface area (Å²) in [7, 11) is -2.31. The van der Waals surface area contributed by atoms with Gasteiger partial charge in [-0.2, -0.15) is 4.31 Å². The number of ether oxygens (including phenoxy) is 3. The van der Waals surface area contributed by atoms with Crippen LogP contribution in [0.2, 0.25) is 0 Å². The first kappa shape index (κ1) is 23.7. The maximum atomic E-state index is 12.9. The fourth-order valence-electron chi connectivity index (χ4n) is 3.48. The Balaban J connectivity index is 1.51. The molecule has 1 fully saturated rings. The van der Waals surface area contributed by atoms with E-state index in [0.29, 0.717) is 30.8 Å². The van der Waals surface area contributed by atoms with Crippen LogP contribution < -0.4 is 4.74 Å². The maximum Gasteiger partial charge on any atom is 0.337 e. The number of hydrogen-bond acceptors (Lipinski definition) is 7. The smallest absolute Gasteiger partial charge is 0.337 e. The fraction of sp³-hybridized carbons (Fsp3) is 0.391. The molecule has 172 valence electrons. The van der Waals surface area contributed by atoms with Crippen LogP contribution >= 0.6 is 0 Å². The summed E-state index contributed by atoms with van der Waals surface area (Å²) in [5.74, 6) is -0.510. The van der Waals surface area contributed by atoms with Gasteiger partial charge in [0.05, 0.1) is 30.1 Å². The van der Waals surface area contributed by atoms with Crippen LogP contribution in [0.25, 0.3) is 0 Å². The van der Waals surface area contributed by atoms with Crippen LogP contribution in [-0.2, 0) is 30.9 Å². The van der Waals surface area contributed by atoms with Gasteiger partial charge in [-0.3, -0.25) is 4.79 Å². The minimum atomic E-state index is -3.62. The largest absolute Gasteiger partial charge is 0.494 e. The van der Waals surface area contributed by atoms with E-state index in [1.165, 1.54) is 23.5 Å². The Morgan fingerprint density at radius 1 is 1.00 bits per heavy atom. The number of nitrogens with zero attached hydrogens (tertiary/aromatic N) is 1. The molecule has 0 aromatic heterocycles. The average Bonchev–Trinajstić information content (AvgIpc) is 2.83. The second kappa shape index (κ2) is 10.6. The van der Waals surface area contributed by atoms with Crippen molar-refractivity contribution in [2.24, 2.45) is 5.92 Å². The number of sulfonamides is 1. The van der Waals surface area contributed by atoms with E-state index in [-0.39, 0.29) is 36.5 Å². The zero-order valence-corrected chi connectivity index (χ0v) is 19.0. The molecule has 0 spiro atoms. The van der Waals surface area contributed by atoms with Gasteiger partial charge in [0.2, 0.25) is 10.0 Å². The molecule has 32 heavy (non-hydrogen) atoms. The molecule has 1 aliphatic rings. The number of benzene rings is 2. The van der Waals surface area contributed by atoms with Gasteiger partial charge >= 0.3 is 11.9 Å². The number of carbonyl (C=O) groups excluding carboxylic acids is 2. The van der Waals surface area contributed by atoms with Crippen molar-refractivity contribution in [1.29, 1.82) is 0 Å². The van der Waals surface area contributed by atoms with Gasteiger partial charge in [0.1, 0.15) is 12.4 Å². The topological polar surface area (TPSA) is 99.2 Å². The quantitative estimate of drug-likeness (QED) is 0.557. The lowest BCUT2D eigenvalue weighted by molar-refractivity contribution is -0.151. The highest BCUT2D eigenvalue weighted by atomic mass is 32.2. The highest BCUT2D eigenvalue weighted by Gasteiger charge is 2.32. The van der Waals surface area contributed by atoms with Crippen molar-refractivity contribution in [1.82, 2.24) is 4.31 Å². The summed E-state index contributed by atoms with van der Waals surface area (Å²) in [5, 5.41) is 0. The van der Waals surface area contributed by atoms with E-state index < -0.39 is 16.0 Å². The molecule has 1 aliphatic heterocycles. The van der Waals surface area contributed by atoms with Crippen molar-refractivity contribution < 1.29 is 32.2 Å².